The van der Waals surface area contributed by atoms with Crippen LogP contribution in [0.5, 0.6) is 0 Å². The molecule has 0 N–H and O–H groups in total. The molecule has 1 aromatic carbocycles. The molecule has 116 valence electrons. The largest absolute Gasteiger partial charge is 0.336 e. The third kappa shape index (κ3) is 2.18. The average Bonchev–Trinajstić information content (AvgIpc) is 2.88. The highest BCUT2D eigenvalue weighted by Gasteiger charge is 2.27. The zero-order chi connectivity index (χ0) is 16.0. The van der Waals surface area contributed by atoms with Crippen LogP contribution in [0.3, 0.4) is 0 Å². The summed E-state index contributed by atoms with van der Waals surface area (Å²) in [5, 5.41) is 0. The van der Waals surface area contributed by atoms with E-state index in [1.54, 1.807) is 46.9 Å². The van der Waals surface area contributed by atoms with Gasteiger partial charge in [-0.1, -0.05) is 6.07 Å². The highest BCUT2D eigenvalue weighted by atomic mass is 19.1. The molecule has 1 aliphatic heterocycles. The average molecular weight is 310 g/mol. The summed E-state index contributed by atoms with van der Waals surface area (Å²) >= 11 is 0. The van der Waals surface area contributed by atoms with Crippen LogP contribution >= 0.6 is 0 Å². The lowest BCUT2D eigenvalue weighted by Gasteiger charge is -2.30. The minimum absolute atomic E-state index is 0.143. The van der Waals surface area contributed by atoms with E-state index >= 15 is 0 Å². The molecule has 2 aromatic heterocycles. The molecule has 0 spiro atoms. The number of amides is 1. The predicted molar refractivity (Wildman–Crippen MR) is 84.1 cm³/mol. The van der Waals surface area contributed by atoms with Crippen molar-refractivity contribution in [2.45, 2.75) is 13.3 Å². The fourth-order valence-corrected chi connectivity index (χ4v) is 2.68. The second kappa shape index (κ2) is 5.15. The summed E-state index contributed by atoms with van der Waals surface area (Å²) in [4.78, 5) is 23.2. The zero-order valence-corrected chi connectivity index (χ0v) is 12.7. The first-order valence-electron chi connectivity index (χ1n) is 7.54. The van der Waals surface area contributed by atoms with Crippen LogP contribution in [0.25, 0.3) is 16.9 Å². The van der Waals surface area contributed by atoms with E-state index in [4.69, 9.17) is 0 Å². The van der Waals surface area contributed by atoms with Crippen LogP contribution in [0.1, 0.15) is 22.6 Å². The number of aryl methyl sites for hydroxylation is 1. The summed E-state index contributed by atoms with van der Waals surface area (Å²) in [5.74, 6) is -0.181. The molecule has 1 aliphatic rings. The molecule has 0 aliphatic carbocycles. The lowest BCUT2D eigenvalue weighted by Crippen LogP contribution is -2.43. The molecule has 4 rings (SSSR count). The lowest BCUT2D eigenvalue weighted by atomic mass is 10.2. The van der Waals surface area contributed by atoms with Crippen LogP contribution in [0, 0.1) is 12.7 Å². The molecule has 23 heavy (non-hydrogen) atoms. The number of hydrogen-bond donors (Lipinski definition) is 0. The van der Waals surface area contributed by atoms with Crippen LogP contribution in [-0.2, 0) is 0 Å². The number of pyridine rings is 1. The van der Waals surface area contributed by atoms with Crippen molar-refractivity contribution in [3.05, 3.63) is 53.7 Å². The van der Waals surface area contributed by atoms with Crippen molar-refractivity contribution in [1.82, 2.24) is 19.4 Å². The summed E-state index contributed by atoms with van der Waals surface area (Å²) < 4.78 is 15.6. The maximum Gasteiger partial charge on any atom is 0.290 e. The number of aromatic nitrogens is 3. The molecular weight excluding hydrogens is 295 g/mol. The fourth-order valence-electron chi connectivity index (χ4n) is 2.68. The zero-order valence-electron chi connectivity index (χ0n) is 12.7. The second-order valence-corrected chi connectivity index (χ2v) is 5.70. The van der Waals surface area contributed by atoms with E-state index in [1.807, 2.05) is 0 Å². The number of carbonyl (C=O) groups excluding carboxylic acids is 1. The van der Waals surface area contributed by atoms with Gasteiger partial charge in [-0.05, 0) is 43.2 Å². The van der Waals surface area contributed by atoms with E-state index < -0.39 is 0 Å². The van der Waals surface area contributed by atoms with Crippen molar-refractivity contribution < 1.29 is 9.18 Å². The molecule has 3 aromatic rings. The van der Waals surface area contributed by atoms with E-state index in [2.05, 4.69) is 9.97 Å². The molecule has 1 saturated heterocycles. The number of halogens is 1. The summed E-state index contributed by atoms with van der Waals surface area (Å²) in [6.07, 6.45) is 2.65. The molecule has 3 heterocycles. The Balaban J connectivity index is 1.95. The van der Waals surface area contributed by atoms with Crippen LogP contribution in [0.4, 0.5) is 4.39 Å². The highest BCUT2D eigenvalue weighted by molar-refractivity contribution is 5.95. The Morgan fingerprint density at radius 2 is 2.09 bits per heavy atom. The summed E-state index contributed by atoms with van der Waals surface area (Å²) in [7, 11) is 0. The van der Waals surface area contributed by atoms with Gasteiger partial charge in [-0.15, -0.1) is 0 Å². The summed E-state index contributed by atoms with van der Waals surface area (Å²) in [5.41, 5.74) is 2.29. The van der Waals surface area contributed by atoms with Gasteiger partial charge in [0.05, 0.1) is 5.69 Å². The standard InChI is InChI=1S/C17H15FN4O/c1-11-5-6-12(10-13(11)18)22-15-14(4-2-7-19-15)20-16(22)17(23)21-8-3-9-21/h2,4-7,10H,3,8-9H2,1H3. The maximum atomic E-state index is 14.0. The molecule has 6 heteroatoms. The van der Waals surface area contributed by atoms with Crippen molar-refractivity contribution in [2.75, 3.05) is 13.1 Å². The molecule has 1 amide bonds. The monoisotopic (exact) mass is 310 g/mol. The van der Waals surface area contributed by atoms with Gasteiger partial charge in [-0.3, -0.25) is 9.36 Å². The second-order valence-electron chi connectivity index (χ2n) is 5.70. The van der Waals surface area contributed by atoms with E-state index in [0.29, 0.717) is 22.4 Å². The van der Waals surface area contributed by atoms with Crippen LogP contribution in [0.15, 0.2) is 36.5 Å². The molecule has 1 fully saturated rings. The lowest BCUT2D eigenvalue weighted by molar-refractivity contribution is 0.0637. The van der Waals surface area contributed by atoms with Gasteiger partial charge in [-0.25, -0.2) is 14.4 Å². The molecule has 0 radical (unpaired) electrons. The van der Waals surface area contributed by atoms with E-state index in [-0.39, 0.29) is 17.5 Å². The summed E-state index contributed by atoms with van der Waals surface area (Å²) in [6, 6.07) is 8.46. The van der Waals surface area contributed by atoms with Gasteiger partial charge in [0.2, 0.25) is 5.82 Å². The number of hydrogen-bond acceptors (Lipinski definition) is 3. The molecule has 5 nitrogen and oxygen atoms in total. The Hall–Kier alpha value is -2.76. The Morgan fingerprint density at radius 1 is 1.26 bits per heavy atom. The molecule has 0 saturated carbocycles. The highest BCUT2D eigenvalue weighted by Crippen LogP contribution is 2.23. The first kappa shape index (κ1) is 13.9. The number of carbonyl (C=O) groups is 1. The van der Waals surface area contributed by atoms with Gasteiger partial charge >= 0.3 is 0 Å². The molecule has 0 bridgehead atoms. The van der Waals surface area contributed by atoms with Crippen molar-refractivity contribution in [2.24, 2.45) is 0 Å². The van der Waals surface area contributed by atoms with Gasteiger partial charge in [0.25, 0.3) is 5.91 Å². The van der Waals surface area contributed by atoms with Gasteiger partial charge in [0.1, 0.15) is 11.3 Å². The topological polar surface area (TPSA) is 51.0 Å². The number of nitrogens with zero attached hydrogens (tertiary/aromatic N) is 4. The first-order valence-corrected chi connectivity index (χ1v) is 7.54. The van der Waals surface area contributed by atoms with Crippen molar-refractivity contribution in [3.8, 4) is 5.69 Å². The minimum Gasteiger partial charge on any atom is -0.336 e. The Kier molecular flexibility index (Phi) is 3.11. The van der Waals surface area contributed by atoms with Gasteiger partial charge in [0.15, 0.2) is 5.65 Å². The van der Waals surface area contributed by atoms with Gasteiger partial charge in [0, 0.05) is 19.3 Å². The number of benzene rings is 1. The normalized spacial score (nSPS) is 14.1. The fraction of sp³-hybridized carbons (Fsp3) is 0.235. The summed E-state index contributed by atoms with van der Waals surface area (Å²) in [6.45, 7) is 3.17. The Bertz CT molecular complexity index is 914. The van der Waals surface area contributed by atoms with Crippen molar-refractivity contribution in [1.29, 1.82) is 0 Å². The minimum atomic E-state index is -0.317. The van der Waals surface area contributed by atoms with Crippen molar-refractivity contribution in [3.63, 3.8) is 0 Å². The van der Waals surface area contributed by atoms with Gasteiger partial charge < -0.3 is 4.90 Å². The molecule has 0 unspecified atom stereocenters. The number of imidazole rings is 1. The van der Waals surface area contributed by atoms with E-state index in [1.165, 1.54) is 6.07 Å². The van der Waals surface area contributed by atoms with Crippen LogP contribution in [-0.4, -0.2) is 38.4 Å². The van der Waals surface area contributed by atoms with E-state index in [9.17, 15) is 9.18 Å². The number of rotatable bonds is 2. The van der Waals surface area contributed by atoms with Crippen molar-refractivity contribution >= 4 is 17.1 Å². The number of fused-ring (bicyclic) bond motifs is 1. The predicted octanol–water partition coefficient (Wildman–Crippen LogP) is 2.71. The third-order valence-electron chi connectivity index (χ3n) is 4.16. The first-order chi connectivity index (χ1) is 11.1. The van der Waals surface area contributed by atoms with Crippen LogP contribution in [0.2, 0.25) is 0 Å². The third-order valence-corrected chi connectivity index (χ3v) is 4.16. The van der Waals surface area contributed by atoms with Gasteiger partial charge in [-0.2, -0.15) is 0 Å². The maximum absolute atomic E-state index is 14.0. The number of likely N-dealkylation sites (tertiary alicyclic amines) is 1. The smallest absolute Gasteiger partial charge is 0.290 e. The quantitative estimate of drug-likeness (QED) is 0.731. The molecule has 0 atom stereocenters. The SMILES string of the molecule is Cc1ccc(-n2c(C(=O)N3CCC3)nc3cccnc32)cc1F. The Labute approximate surface area is 132 Å². The molecular formula is C17H15FN4O. The Morgan fingerprint density at radius 3 is 2.78 bits per heavy atom. The van der Waals surface area contributed by atoms with E-state index in [0.717, 1.165) is 19.5 Å². The van der Waals surface area contributed by atoms with Crippen LogP contribution < -0.4 is 0 Å².